The Morgan fingerprint density at radius 1 is 1.33 bits per heavy atom. The smallest absolute Gasteiger partial charge is 0.267 e. The minimum Gasteiger partial charge on any atom is -0.267 e. The topological polar surface area (TPSA) is 63.1 Å². The number of aromatic amines is 1. The largest absolute Gasteiger partial charge is 0.277 e. The molecule has 3 rings (SSSR count). The fourth-order valence-corrected chi connectivity index (χ4v) is 2.72. The van der Waals surface area contributed by atoms with Crippen molar-refractivity contribution in [1.29, 1.82) is 0 Å². The Morgan fingerprint density at radius 2 is 2.10 bits per heavy atom. The number of aromatic nitrogens is 4. The van der Waals surface area contributed by atoms with Crippen molar-refractivity contribution in [2.75, 3.05) is 6.26 Å². The lowest BCUT2D eigenvalue weighted by molar-refractivity contribution is 0.826. The Hall–Kier alpha value is -1.79. The molecular weight excluding hydrogens is 308 g/mol. The summed E-state index contributed by atoms with van der Waals surface area (Å²) in [6.45, 7) is 1.82. The number of thioether (sulfide) groups is 1. The first kappa shape index (κ1) is 14.2. The van der Waals surface area contributed by atoms with Crippen LogP contribution in [-0.2, 0) is 6.42 Å². The van der Waals surface area contributed by atoms with Crippen molar-refractivity contribution in [2.45, 2.75) is 18.5 Å². The quantitative estimate of drug-likeness (QED) is 0.754. The van der Waals surface area contributed by atoms with Crippen LogP contribution in [-0.4, -0.2) is 25.8 Å². The van der Waals surface area contributed by atoms with Crippen LogP contribution < -0.4 is 5.56 Å². The molecule has 3 aromatic rings. The van der Waals surface area contributed by atoms with E-state index in [2.05, 4.69) is 15.1 Å². The van der Waals surface area contributed by atoms with Crippen molar-refractivity contribution in [2.24, 2.45) is 0 Å². The van der Waals surface area contributed by atoms with Gasteiger partial charge in [0.1, 0.15) is 0 Å². The molecule has 7 heteroatoms. The first-order chi connectivity index (χ1) is 10.1. The van der Waals surface area contributed by atoms with Crippen LogP contribution in [0.4, 0.5) is 0 Å². The van der Waals surface area contributed by atoms with Crippen LogP contribution in [0.2, 0.25) is 5.02 Å². The van der Waals surface area contributed by atoms with Crippen LogP contribution in [0.1, 0.15) is 16.8 Å². The second-order valence-corrected chi connectivity index (χ2v) is 5.82. The maximum atomic E-state index is 12.6. The van der Waals surface area contributed by atoms with E-state index in [0.717, 1.165) is 5.56 Å². The summed E-state index contributed by atoms with van der Waals surface area (Å²) in [5.74, 6) is 0.393. The van der Waals surface area contributed by atoms with Gasteiger partial charge in [0.2, 0.25) is 0 Å². The highest BCUT2D eigenvalue weighted by molar-refractivity contribution is 7.98. The van der Waals surface area contributed by atoms with Gasteiger partial charge >= 0.3 is 0 Å². The SMILES string of the molecule is CSc1nc2nc(C)c(Cc3ccccc3Cl)c(=O)n2[nH]1. The van der Waals surface area contributed by atoms with Gasteiger partial charge in [-0.2, -0.15) is 9.50 Å². The normalized spacial score (nSPS) is 11.2. The number of rotatable bonds is 3. The van der Waals surface area contributed by atoms with Gasteiger partial charge in [0.15, 0.2) is 5.16 Å². The molecule has 0 saturated carbocycles. The van der Waals surface area contributed by atoms with Gasteiger partial charge in [-0.05, 0) is 24.8 Å². The number of nitrogens with one attached hydrogen (secondary N) is 1. The van der Waals surface area contributed by atoms with Crippen molar-refractivity contribution >= 4 is 29.1 Å². The number of nitrogens with zero attached hydrogens (tertiary/aromatic N) is 3. The predicted octanol–water partition coefficient (Wildman–Crippen LogP) is 2.69. The van der Waals surface area contributed by atoms with Gasteiger partial charge in [0.05, 0.1) is 5.69 Å². The van der Waals surface area contributed by atoms with Crippen LogP contribution in [0.5, 0.6) is 0 Å². The summed E-state index contributed by atoms with van der Waals surface area (Å²) in [6, 6.07) is 7.50. The molecule has 0 bridgehead atoms. The number of benzene rings is 1. The standard InChI is InChI=1S/C14H13ClN4OS/c1-8-10(7-9-5-3-4-6-11(9)15)12(20)19-13(16-8)17-14(18-19)21-2/h3-6H,7H2,1-2H3,(H,16,17,18). The fraction of sp³-hybridized carbons (Fsp3) is 0.214. The molecular formula is C14H13ClN4OS. The average Bonchev–Trinajstić information content (AvgIpc) is 2.88. The van der Waals surface area contributed by atoms with E-state index in [9.17, 15) is 4.79 Å². The molecule has 0 atom stereocenters. The van der Waals surface area contributed by atoms with E-state index < -0.39 is 0 Å². The zero-order valence-corrected chi connectivity index (χ0v) is 13.1. The molecule has 0 amide bonds. The van der Waals surface area contributed by atoms with Crippen molar-refractivity contribution in [3.05, 3.63) is 56.5 Å². The molecule has 0 unspecified atom stereocenters. The first-order valence-electron chi connectivity index (χ1n) is 6.36. The molecule has 21 heavy (non-hydrogen) atoms. The predicted molar refractivity (Wildman–Crippen MR) is 84.4 cm³/mol. The Bertz CT molecular complexity index is 871. The van der Waals surface area contributed by atoms with Gasteiger partial charge in [-0.1, -0.05) is 41.6 Å². The van der Waals surface area contributed by atoms with E-state index in [1.165, 1.54) is 16.3 Å². The maximum Gasteiger partial charge on any atom is 0.277 e. The average molecular weight is 321 g/mol. The summed E-state index contributed by atoms with van der Waals surface area (Å²) in [5, 5.41) is 4.25. The molecule has 0 spiro atoms. The van der Waals surface area contributed by atoms with Gasteiger partial charge in [-0.15, -0.1) is 0 Å². The van der Waals surface area contributed by atoms with Crippen molar-refractivity contribution in [3.8, 4) is 0 Å². The van der Waals surface area contributed by atoms with Crippen molar-refractivity contribution in [1.82, 2.24) is 19.6 Å². The van der Waals surface area contributed by atoms with E-state index in [-0.39, 0.29) is 5.56 Å². The van der Waals surface area contributed by atoms with Crippen molar-refractivity contribution in [3.63, 3.8) is 0 Å². The Kier molecular flexibility index (Phi) is 3.73. The zero-order chi connectivity index (χ0) is 15.0. The Balaban J connectivity index is 2.14. The lowest BCUT2D eigenvalue weighted by Crippen LogP contribution is -2.22. The monoisotopic (exact) mass is 320 g/mol. The second kappa shape index (κ2) is 5.54. The third-order valence-electron chi connectivity index (χ3n) is 3.29. The zero-order valence-electron chi connectivity index (χ0n) is 11.6. The molecule has 0 radical (unpaired) electrons. The molecule has 2 aromatic heterocycles. The molecule has 1 aromatic carbocycles. The molecule has 0 fully saturated rings. The van der Waals surface area contributed by atoms with E-state index in [1.807, 2.05) is 37.4 Å². The summed E-state index contributed by atoms with van der Waals surface area (Å²) in [6.07, 6.45) is 2.34. The van der Waals surface area contributed by atoms with Crippen LogP contribution in [0, 0.1) is 6.92 Å². The number of aryl methyl sites for hydroxylation is 1. The lowest BCUT2D eigenvalue weighted by Gasteiger charge is -2.06. The number of hydrogen-bond acceptors (Lipinski definition) is 4. The third kappa shape index (κ3) is 2.56. The fourth-order valence-electron chi connectivity index (χ4n) is 2.16. The number of fused-ring (bicyclic) bond motifs is 1. The number of halogens is 1. The molecule has 2 heterocycles. The summed E-state index contributed by atoms with van der Waals surface area (Å²) in [4.78, 5) is 21.2. The van der Waals surface area contributed by atoms with Gasteiger partial charge in [-0.25, -0.2) is 4.98 Å². The Morgan fingerprint density at radius 3 is 2.81 bits per heavy atom. The highest BCUT2D eigenvalue weighted by Gasteiger charge is 2.14. The van der Waals surface area contributed by atoms with E-state index in [0.29, 0.717) is 33.6 Å². The number of H-pyrrole nitrogens is 1. The van der Waals surface area contributed by atoms with E-state index in [1.54, 1.807) is 0 Å². The summed E-state index contributed by atoms with van der Waals surface area (Å²) >= 11 is 7.60. The van der Waals surface area contributed by atoms with Gasteiger partial charge < -0.3 is 0 Å². The van der Waals surface area contributed by atoms with E-state index in [4.69, 9.17) is 11.6 Å². The molecule has 0 aliphatic carbocycles. The minimum atomic E-state index is -0.134. The molecule has 1 N–H and O–H groups in total. The maximum absolute atomic E-state index is 12.6. The molecule has 0 aliphatic heterocycles. The molecule has 108 valence electrons. The van der Waals surface area contributed by atoms with Crippen LogP contribution in [0.3, 0.4) is 0 Å². The number of hydrogen-bond donors (Lipinski definition) is 1. The van der Waals surface area contributed by atoms with Gasteiger partial charge in [0, 0.05) is 17.0 Å². The van der Waals surface area contributed by atoms with Crippen LogP contribution in [0.25, 0.3) is 5.78 Å². The summed E-state index contributed by atoms with van der Waals surface area (Å²) < 4.78 is 1.38. The third-order valence-corrected chi connectivity index (χ3v) is 4.23. The second-order valence-electron chi connectivity index (χ2n) is 4.62. The summed E-state index contributed by atoms with van der Waals surface area (Å²) in [7, 11) is 0. The highest BCUT2D eigenvalue weighted by atomic mass is 35.5. The minimum absolute atomic E-state index is 0.134. The molecule has 0 saturated heterocycles. The van der Waals surface area contributed by atoms with Gasteiger partial charge in [0.25, 0.3) is 11.3 Å². The lowest BCUT2D eigenvalue weighted by atomic mass is 10.1. The van der Waals surface area contributed by atoms with Crippen molar-refractivity contribution < 1.29 is 0 Å². The summed E-state index contributed by atoms with van der Waals surface area (Å²) in [5.41, 5.74) is 2.08. The highest BCUT2D eigenvalue weighted by Crippen LogP contribution is 2.19. The first-order valence-corrected chi connectivity index (χ1v) is 7.96. The van der Waals surface area contributed by atoms with Crippen LogP contribution >= 0.6 is 23.4 Å². The molecule has 0 aliphatic rings. The van der Waals surface area contributed by atoms with E-state index >= 15 is 0 Å². The Labute approximate surface area is 130 Å². The van der Waals surface area contributed by atoms with Gasteiger partial charge in [-0.3, -0.25) is 9.89 Å². The molecule has 5 nitrogen and oxygen atoms in total. The van der Waals surface area contributed by atoms with Crippen LogP contribution in [0.15, 0.2) is 34.2 Å².